The van der Waals surface area contributed by atoms with E-state index in [0.717, 1.165) is 0 Å². The van der Waals surface area contributed by atoms with Gasteiger partial charge in [0.25, 0.3) is 0 Å². The van der Waals surface area contributed by atoms with Crippen molar-refractivity contribution < 1.29 is 9.90 Å². The molecule has 1 heterocycles. The van der Waals surface area contributed by atoms with Gasteiger partial charge >= 0.3 is 0 Å². The lowest BCUT2D eigenvalue weighted by atomic mass is 9.79. The largest absolute Gasteiger partial charge is 0.373 e. The van der Waals surface area contributed by atoms with Crippen LogP contribution in [0.3, 0.4) is 0 Å². The number of carbonyl (C=O) groups excluding carboxylic acids is 1. The molecule has 1 N–H and O–H groups in total. The van der Waals surface area contributed by atoms with E-state index in [2.05, 4.69) is 0 Å². The lowest BCUT2D eigenvalue weighted by Gasteiger charge is -2.41. The molecule has 0 bridgehead atoms. The van der Waals surface area contributed by atoms with E-state index in [1.165, 1.54) is 4.90 Å². The van der Waals surface area contributed by atoms with Gasteiger partial charge in [0.15, 0.2) is 0 Å². The molecule has 1 saturated heterocycles. The van der Waals surface area contributed by atoms with Crippen molar-refractivity contribution in [2.75, 3.05) is 7.05 Å². The molecule has 3 nitrogen and oxygen atoms in total. The van der Waals surface area contributed by atoms with Gasteiger partial charge in [0.2, 0.25) is 5.91 Å². The summed E-state index contributed by atoms with van der Waals surface area (Å²) in [4.78, 5) is 12.9. The Bertz CT molecular complexity index is 175. The first-order valence-electron chi connectivity index (χ1n) is 4.41. The summed E-state index contributed by atoms with van der Waals surface area (Å²) in [6.07, 6.45) is -0.608. The zero-order valence-corrected chi connectivity index (χ0v) is 8.11. The topological polar surface area (TPSA) is 40.5 Å². The van der Waals surface area contributed by atoms with Gasteiger partial charge in [-0.05, 0) is 5.92 Å². The predicted molar refractivity (Wildman–Crippen MR) is 46.3 cm³/mol. The lowest BCUT2D eigenvalue weighted by molar-refractivity contribution is -0.160. The monoisotopic (exact) mass is 171 g/mol. The van der Waals surface area contributed by atoms with E-state index in [1.807, 2.05) is 20.8 Å². The van der Waals surface area contributed by atoms with Crippen LogP contribution in [0.1, 0.15) is 20.8 Å². The molecule has 0 aromatic heterocycles. The maximum Gasteiger partial charge on any atom is 0.227 e. The molecule has 0 aliphatic carbocycles. The average Bonchev–Trinajstić information content (AvgIpc) is 2.08. The van der Waals surface area contributed by atoms with Crippen LogP contribution in [0, 0.1) is 17.8 Å². The van der Waals surface area contributed by atoms with E-state index in [-0.39, 0.29) is 23.7 Å². The summed E-state index contributed by atoms with van der Waals surface area (Å²) in [5, 5.41) is 9.61. The maximum absolute atomic E-state index is 11.5. The van der Waals surface area contributed by atoms with Crippen LogP contribution in [0.15, 0.2) is 0 Å². The summed E-state index contributed by atoms with van der Waals surface area (Å²) in [6.45, 7) is 5.92. The second kappa shape index (κ2) is 3.05. The Labute approximate surface area is 73.4 Å². The van der Waals surface area contributed by atoms with Gasteiger partial charge in [-0.1, -0.05) is 20.8 Å². The number of aliphatic hydroxyl groups excluding tert-OH is 1. The van der Waals surface area contributed by atoms with Crippen LogP contribution in [0.4, 0.5) is 0 Å². The number of amides is 1. The predicted octanol–water partition coefficient (Wildman–Crippen LogP) is 0.685. The highest BCUT2D eigenvalue weighted by Gasteiger charge is 2.39. The summed E-state index contributed by atoms with van der Waals surface area (Å²) in [6, 6.07) is 0. The quantitative estimate of drug-likeness (QED) is 0.582. The fraction of sp³-hybridized carbons (Fsp3) is 0.889. The molecule has 4 atom stereocenters. The lowest BCUT2D eigenvalue weighted by Crippen LogP contribution is -2.52. The van der Waals surface area contributed by atoms with Gasteiger partial charge in [0, 0.05) is 18.9 Å². The molecular formula is C9H17NO2. The molecule has 0 aromatic rings. The van der Waals surface area contributed by atoms with Gasteiger partial charge in [0.05, 0.1) is 0 Å². The van der Waals surface area contributed by atoms with E-state index >= 15 is 0 Å². The first-order valence-corrected chi connectivity index (χ1v) is 4.41. The minimum atomic E-state index is -0.608. The summed E-state index contributed by atoms with van der Waals surface area (Å²) in [5.74, 6) is 0.521. The van der Waals surface area contributed by atoms with E-state index < -0.39 is 6.23 Å². The van der Waals surface area contributed by atoms with Crippen molar-refractivity contribution in [1.82, 2.24) is 4.90 Å². The van der Waals surface area contributed by atoms with Crippen molar-refractivity contribution in [3.05, 3.63) is 0 Å². The van der Waals surface area contributed by atoms with Gasteiger partial charge < -0.3 is 10.0 Å². The zero-order chi connectivity index (χ0) is 9.46. The Kier molecular flexibility index (Phi) is 2.42. The number of nitrogens with zero attached hydrogens (tertiary/aromatic N) is 1. The molecule has 3 heteroatoms. The maximum atomic E-state index is 11.5. The number of likely N-dealkylation sites (tertiary alicyclic amines) is 1. The normalized spacial score (nSPS) is 43.4. The van der Waals surface area contributed by atoms with Crippen molar-refractivity contribution in [1.29, 1.82) is 0 Å². The summed E-state index contributed by atoms with van der Waals surface area (Å²) in [7, 11) is 1.66. The summed E-state index contributed by atoms with van der Waals surface area (Å²) >= 11 is 0. The standard InChI is InChI=1S/C9H17NO2/c1-5-6(2)8(11)10(4)9(12)7(5)3/h5-8,11H,1-4H3/t5?,6?,7-,8?/m0/s1. The molecule has 12 heavy (non-hydrogen) atoms. The first kappa shape index (κ1) is 9.52. The molecule has 0 aromatic carbocycles. The highest BCUT2D eigenvalue weighted by Crippen LogP contribution is 2.31. The van der Waals surface area contributed by atoms with Gasteiger partial charge in [-0.2, -0.15) is 0 Å². The molecule has 0 saturated carbocycles. The second-order valence-electron chi connectivity index (χ2n) is 3.87. The number of piperidine rings is 1. The van der Waals surface area contributed by atoms with E-state index in [1.54, 1.807) is 7.05 Å². The molecular weight excluding hydrogens is 154 g/mol. The summed E-state index contributed by atoms with van der Waals surface area (Å²) < 4.78 is 0. The first-order chi connectivity index (χ1) is 5.46. The average molecular weight is 171 g/mol. The molecule has 1 aliphatic rings. The second-order valence-corrected chi connectivity index (χ2v) is 3.87. The molecule has 1 amide bonds. The zero-order valence-electron chi connectivity index (χ0n) is 8.11. The highest BCUT2D eigenvalue weighted by molar-refractivity contribution is 5.79. The van der Waals surface area contributed by atoms with Crippen molar-refractivity contribution in [2.24, 2.45) is 17.8 Å². The number of hydrogen-bond donors (Lipinski definition) is 1. The van der Waals surface area contributed by atoms with Crippen molar-refractivity contribution in [3.8, 4) is 0 Å². The minimum Gasteiger partial charge on any atom is -0.373 e. The molecule has 3 unspecified atom stereocenters. The Morgan fingerprint density at radius 1 is 1.25 bits per heavy atom. The van der Waals surface area contributed by atoms with Crippen LogP contribution in [0.25, 0.3) is 0 Å². The molecule has 0 radical (unpaired) electrons. The third kappa shape index (κ3) is 1.22. The van der Waals surface area contributed by atoms with Gasteiger partial charge in [0.1, 0.15) is 6.23 Å². The Hall–Kier alpha value is -0.570. The third-order valence-corrected chi connectivity index (χ3v) is 3.22. The van der Waals surface area contributed by atoms with E-state index in [0.29, 0.717) is 0 Å². The van der Waals surface area contributed by atoms with E-state index in [4.69, 9.17) is 0 Å². The minimum absolute atomic E-state index is 0.0356. The van der Waals surface area contributed by atoms with Crippen molar-refractivity contribution in [2.45, 2.75) is 27.0 Å². The van der Waals surface area contributed by atoms with E-state index in [9.17, 15) is 9.90 Å². The van der Waals surface area contributed by atoms with Gasteiger partial charge in [-0.3, -0.25) is 4.79 Å². The van der Waals surface area contributed by atoms with Crippen LogP contribution in [-0.4, -0.2) is 29.2 Å². The highest BCUT2D eigenvalue weighted by atomic mass is 16.3. The van der Waals surface area contributed by atoms with Crippen LogP contribution in [0.5, 0.6) is 0 Å². The third-order valence-electron chi connectivity index (χ3n) is 3.22. The fourth-order valence-corrected chi connectivity index (χ4v) is 1.76. The van der Waals surface area contributed by atoms with Gasteiger partial charge in [-0.15, -0.1) is 0 Å². The Morgan fingerprint density at radius 3 is 2.25 bits per heavy atom. The fourth-order valence-electron chi connectivity index (χ4n) is 1.76. The number of aliphatic hydroxyl groups is 1. The van der Waals surface area contributed by atoms with Crippen molar-refractivity contribution in [3.63, 3.8) is 0 Å². The summed E-state index contributed by atoms with van der Waals surface area (Å²) in [5.41, 5.74) is 0. The SMILES string of the molecule is CC1C(C)[C@H](C)C(=O)N(C)C1O. The smallest absolute Gasteiger partial charge is 0.227 e. The molecule has 1 rings (SSSR count). The Balaban J connectivity index is 2.83. The number of rotatable bonds is 0. The van der Waals surface area contributed by atoms with Crippen LogP contribution >= 0.6 is 0 Å². The molecule has 1 fully saturated rings. The van der Waals surface area contributed by atoms with Crippen LogP contribution in [0.2, 0.25) is 0 Å². The number of hydrogen-bond acceptors (Lipinski definition) is 2. The van der Waals surface area contributed by atoms with Gasteiger partial charge in [-0.25, -0.2) is 0 Å². The van der Waals surface area contributed by atoms with Crippen LogP contribution < -0.4 is 0 Å². The number of carbonyl (C=O) groups is 1. The van der Waals surface area contributed by atoms with Crippen LogP contribution in [-0.2, 0) is 4.79 Å². The Morgan fingerprint density at radius 2 is 1.75 bits per heavy atom. The molecule has 0 spiro atoms. The van der Waals surface area contributed by atoms with Crippen molar-refractivity contribution >= 4 is 5.91 Å². The molecule has 70 valence electrons. The molecule has 1 aliphatic heterocycles.